The molecule has 16 heavy (non-hydrogen) atoms. The third-order valence-corrected chi connectivity index (χ3v) is 2.53. The molecule has 0 aliphatic carbocycles. The largest absolute Gasteiger partial charge is 0.396 e. The number of hydrogen-bond donors (Lipinski definition) is 2. The van der Waals surface area contributed by atoms with E-state index in [0.717, 1.165) is 12.8 Å². The Kier molecular flexibility index (Phi) is 7.36. The molecule has 0 amide bonds. The van der Waals surface area contributed by atoms with Crippen LogP contribution in [0.3, 0.4) is 0 Å². The van der Waals surface area contributed by atoms with E-state index in [2.05, 4.69) is 39.1 Å². The van der Waals surface area contributed by atoms with Crippen molar-refractivity contribution in [3.05, 3.63) is 0 Å². The van der Waals surface area contributed by atoms with Gasteiger partial charge >= 0.3 is 0 Å². The predicted molar refractivity (Wildman–Crippen MR) is 67.0 cm³/mol. The Balaban J connectivity index is 4.49. The van der Waals surface area contributed by atoms with Crippen LogP contribution in [0.1, 0.15) is 47.0 Å². The summed E-state index contributed by atoms with van der Waals surface area (Å²) in [6.45, 7) is 9.45. The van der Waals surface area contributed by atoms with E-state index in [-0.39, 0.29) is 6.61 Å². The highest BCUT2D eigenvalue weighted by atomic mass is 16.3. The number of nitrogens with one attached hydrogen (secondary N) is 1. The number of nitrogens with zero attached hydrogens (tertiary/aromatic N) is 1. The molecular formula is C13H26N2O. The molecule has 0 radical (unpaired) electrons. The van der Waals surface area contributed by atoms with E-state index in [1.54, 1.807) is 0 Å². The fourth-order valence-electron chi connectivity index (χ4n) is 2.16. The van der Waals surface area contributed by atoms with Gasteiger partial charge in [0.05, 0.1) is 6.07 Å². The molecule has 0 aliphatic rings. The smallest absolute Gasteiger partial charge is 0.107 e. The molecule has 0 saturated carbocycles. The van der Waals surface area contributed by atoms with Crippen molar-refractivity contribution in [2.45, 2.75) is 52.5 Å². The van der Waals surface area contributed by atoms with Crippen molar-refractivity contribution in [1.29, 1.82) is 5.26 Å². The number of aliphatic hydroxyl groups is 1. The molecule has 3 nitrogen and oxygen atoms in total. The van der Waals surface area contributed by atoms with E-state index in [0.29, 0.717) is 24.8 Å². The standard InChI is InChI=1S/C13H26N2O/c1-11(2)8-13(10-14,9-12(3)4)15-6-5-7-16/h11-12,15-16H,5-9H2,1-4H3. The summed E-state index contributed by atoms with van der Waals surface area (Å²) in [5.74, 6) is 1.00. The number of hydrogen-bond acceptors (Lipinski definition) is 3. The zero-order valence-corrected chi connectivity index (χ0v) is 11.1. The van der Waals surface area contributed by atoms with Gasteiger partial charge in [-0.05, 0) is 37.6 Å². The lowest BCUT2D eigenvalue weighted by molar-refractivity contribution is 0.254. The maximum atomic E-state index is 9.40. The Morgan fingerprint density at radius 2 is 1.69 bits per heavy atom. The minimum atomic E-state index is -0.419. The average Bonchev–Trinajstić information content (AvgIpc) is 2.16. The highest BCUT2D eigenvalue weighted by molar-refractivity contribution is 5.07. The Bertz CT molecular complexity index is 208. The first kappa shape index (κ1) is 15.4. The van der Waals surface area contributed by atoms with Gasteiger partial charge in [0.1, 0.15) is 5.54 Å². The van der Waals surface area contributed by atoms with Crippen molar-refractivity contribution in [1.82, 2.24) is 5.32 Å². The molecule has 0 atom stereocenters. The summed E-state index contributed by atoms with van der Waals surface area (Å²) in [6.07, 6.45) is 2.44. The van der Waals surface area contributed by atoms with Crippen LogP contribution < -0.4 is 5.32 Å². The van der Waals surface area contributed by atoms with E-state index in [4.69, 9.17) is 5.11 Å². The number of aliphatic hydroxyl groups excluding tert-OH is 1. The lowest BCUT2D eigenvalue weighted by Crippen LogP contribution is -2.46. The van der Waals surface area contributed by atoms with Gasteiger partial charge < -0.3 is 5.11 Å². The van der Waals surface area contributed by atoms with Gasteiger partial charge in [0, 0.05) is 6.61 Å². The minimum absolute atomic E-state index is 0.178. The fraction of sp³-hybridized carbons (Fsp3) is 0.923. The Morgan fingerprint density at radius 1 is 1.19 bits per heavy atom. The lowest BCUT2D eigenvalue weighted by Gasteiger charge is -2.31. The minimum Gasteiger partial charge on any atom is -0.396 e. The zero-order chi connectivity index (χ0) is 12.6. The van der Waals surface area contributed by atoms with Crippen molar-refractivity contribution in [3.8, 4) is 6.07 Å². The van der Waals surface area contributed by atoms with Crippen LogP contribution >= 0.6 is 0 Å². The summed E-state index contributed by atoms with van der Waals surface area (Å²) in [5, 5.41) is 21.5. The van der Waals surface area contributed by atoms with Crippen LogP contribution in [0.5, 0.6) is 0 Å². The molecule has 0 unspecified atom stereocenters. The van der Waals surface area contributed by atoms with E-state index in [1.165, 1.54) is 0 Å². The van der Waals surface area contributed by atoms with Crippen LogP contribution in [-0.4, -0.2) is 23.8 Å². The molecule has 0 aliphatic heterocycles. The van der Waals surface area contributed by atoms with Crippen molar-refractivity contribution in [2.75, 3.05) is 13.2 Å². The summed E-state index contributed by atoms with van der Waals surface area (Å²) in [5.41, 5.74) is -0.419. The van der Waals surface area contributed by atoms with E-state index in [1.807, 2.05) is 0 Å². The average molecular weight is 226 g/mol. The molecule has 0 aromatic carbocycles. The van der Waals surface area contributed by atoms with Crippen LogP contribution in [0.4, 0.5) is 0 Å². The first-order valence-corrected chi connectivity index (χ1v) is 6.23. The van der Waals surface area contributed by atoms with Gasteiger partial charge in [-0.15, -0.1) is 0 Å². The topological polar surface area (TPSA) is 56.0 Å². The van der Waals surface area contributed by atoms with Crippen LogP contribution in [0, 0.1) is 23.2 Å². The van der Waals surface area contributed by atoms with E-state index in [9.17, 15) is 5.26 Å². The molecule has 3 heteroatoms. The third kappa shape index (κ3) is 6.09. The summed E-state index contributed by atoms with van der Waals surface area (Å²) in [7, 11) is 0. The monoisotopic (exact) mass is 226 g/mol. The van der Waals surface area contributed by atoms with Crippen LogP contribution in [0.15, 0.2) is 0 Å². The molecule has 0 fully saturated rings. The second kappa shape index (κ2) is 7.65. The normalized spacial score (nSPS) is 12.1. The molecule has 0 rings (SSSR count). The predicted octanol–water partition coefficient (Wildman–Crippen LogP) is 2.31. The summed E-state index contributed by atoms with van der Waals surface area (Å²) in [4.78, 5) is 0. The van der Waals surface area contributed by atoms with Gasteiger partial charge in [0.2, 0.25) is 0 Å². The first-order chi connectivity index (χ1) is 7.45. The summed E-state index contributed by atoms with van der Waals surface area (Å²) >= 11 is 0. The van der Waals surface area contributed by atoms with Crippen molar-refractivity contribution in [3.63, 3.8) is 0 Å². The molecule has 0 aromatic rings. The lowest BCUT2D eigenvalue weighted by atomic mass is 9.83. The van der Waals surface area contributed by atoms with E-state index >= 15 is 0 Å². The van der Waals surface area contributed by atoms with Crippen molar-refractivity contribution < 1.29 is 5.11 Å². The molecule has 0 aromatic heterocycles. The third-order valence-electron chi connectivity index (χ3n) is 2.53. The van der Waals surface area contributed by atoms with E-state index < -0.39 is 5.54 Å². The molecule has 0 bridgehead atoms. The van der Waals surface area contributed by atoms with Gasteiger partial charge in [-0.25, -0.2) is 0 Å². The van der Waals surface area contributed by atoms with Crippen molar-refractivity contribution in [2.24, 2.45) is 11.8 Å². The van der Waals surface area contributed by atoms with Gasteiger partial charge in [-0.3, -0.25) is 5.32 Å². The Morgan fingerprint density at radius 3 is 2.00 bits per heavy atom. The summed E-state index contributed by atoms with van der Waals surface area (Å²) < 4.78 is 0. The maximum Gasteiger partial charge on any atom is 0.107 e. The Hall–Kier alpha value is -0.590. The molecule has 0 saturated heterocycles. The zero-order valence-electron chi connectivity index (χ0n) is 11.1. The SMILES string of the molecule is CC(C)CC(C#N)(CC(C)C)NCCCO. The molecular weight excluding hydrogens is 200 g/mol. The van der Waals surface area contributed by atoms with Crippen molar-refractivity contribution >= 4 is 0 Å². The highest BCUT2D eigenvalue weighted by Crippen LogP contribution is 2.24. The first-order valence-electron chi connectivity index (χ1n) is 6.23. The van der Waals surface area contributed by atoms with Crippen LogP contribution in [-0.2, 0) is 0 Å². The number of nitriles is 1. The maximum absolute atomic E-state index is 9.40. The highest BCUT2D eigenvalue weighted by Gasteiger charge is 2.30. The number of rotatable bonds is 8. The van der Waals surface area contributed by atoms with Gasteiger partial charge in [-0.2, -0.15) is 5.26 Å². The van der Waals surface area contributed by atoms with Crippen LogP contribution in [0.25, 0.3) is 0 Å². The van der Waals surface area contributed by atoms with Gasteiger partial charge in [0.15, 0.2) is 0 Å². The quantitative estimate of drug-likeness (QED) is 0.624. The van der Waals surface area contributed by atoms with Gasteiger partial charge in [0.25, 0.3) is 0 Å². The molecule has 0 heterocycles. The van der Waals surface area contributed by atoms with Gasteiger partial charge in [-0.1, -0.05) is 27.7 Å². The summed E-state index contributed by atoms with van der Waals surface area (Å²) in [6, 6.07) is 2.44. The fourth-order valence-corrected chi connectivity index (χ4v) is 2.16. The second-order valence-electron chi connectivity index (χ2n) is 5.39. The molecule has 0 spiro atoms. The van der Waals surface area contributed by atoms with Crippen LogP contribution in [0.2, 0.25) is 0 Å². The second-order valence-corrected chi connectivity index (χ2v) is 5.39. The molecule has 94 valence electrons. The Labute approximate surface area is 99.9 Å². The molecule has 2 N–H and O–H groups in total.